The number of anilines is 1. The van der Waals surface area contributed by atoms with E-state index < -0.39 is 0 Å². The molecule has 0 aliphatic carbocycles. The van der Waals surface area contributed by atoms with E-state index in [0.29, 0.717) is 0 Å². The van der Waals surface area contributed by atoms with E-state index in [0.717, 1.165) is 22.3 Å². The molecule has 88 valence electrons. The monoisotopic (exact) mass is 291 g/mol. The summed E-state index contributed by atoms with van der Waals surface area (Å²) in [5.74, 6) is 0. The predicted molar refractivity (Wildman–Crippen MR) is 73.8 cm³/mol. The van der Waals surface area contributed by atoms with Crippen molar-refractivity contribution in [1.82, 2.24) is 0 Å². The van der Waals surface area contributed by atoms with Gasteiger partial charge in [-0.2, -0.15) is 0 Å². The first-order chi connectivity index (χ1) is 8.29. The van der Waals surface area contributed by atoms with Gasteiger partial charge < -0.3 is 10.4 Å². The van der Waals surface area contributed by atoms with Crippen molar-refractivity contribution in [2.24, 2.45) is 0 Å². The van der Waals surface area contributed by atoms with Crippen LogP contribution in [-0.2, 0) is 13.2 Å². The van der Waals surface area contributed by atoms with E-state index in [1.165, 1.54) is 5.56 Å². The summed E-state index contributed by atoms with van der Waals surface area (Å²) in [6.45, 7) is 0.800. The predicted octanol–water partition coefficient (Wildman–Crippen LogP) is 3.55. The van der Waals surface area contributed by atoms with Crippen molar-refractivity contribution in [3.63, 3.8) is 0 Å². The zero-order valence-electron chi connectivity index (χ0n) is 9.36. The van der Waals surface area contributed by atoms with Crippen LogP contribution in [-0.4, -0.2) is 5.11 Å². The molecule has 2 aromatic rings. The van der Waals surface area contributed by atoms with Crippen LogP contribution in [0, 0.1) is 0 Å². The van der Waals surface area contributed by atoms with E-state index >= 15 is 0 Å². The molecule has 0 aromatic heterocycles. The lowest BCUT2D eigenvalue weighted by molar-refractivity contribution is 0.282. The molecule has 0 saturated carbocycles. The topological polar surface area (TPSA) is 32.3 Å². The van der Waals surface area contributed by atoms with Crippen molar-refractivity contribution in [3.8, 4) is 0 Å². The second-order valence-electron chi connectivity index (χ2n) is 3.80. The van der Waals surface area contributed by atoms with Crippen molar-refractivity contribution in [2.75, 3.05) is 5.32 Å². The summed E-state index contributed by atoms with van der Waals surface area (Å²) < 4.78 is 1.00. The highest BCUT2D eigenvalue weighted by atomic mass is 79.9. The molecule has 0 fully saturated rings. The van der Waals surface area contributed by atoms with Crippen LogP contribution in [0.2, 0.25) is 0 Å². The fourth-order valence-electron chi connectivity index (χ4n) is 1.64. The molecule has 3 heteroatoms. The highest BCUT2D eigenvalue weighted by Crippen LogP contribution is 2.22. The van der Waals surface area contributed by atoms with Gasteiger partial charge in [0.05, 0.1) is 6.61 Å². The van der Waals surface area contributed by atoms with Crippen LogP contribution in [0.1, 0.15) is 11.1 Å². The first kappa shape index (κ1) is 12.1. The normalized spacial score (nSPS) is 10.2. The van der Waals surface area contributed by atoms with Crippen molar-refractivity contribution in [2.45, 2.75) is 13.2 Å². The first-order valence-corrected chi connectivity index (χ1v) is 6.26. The van der Waals surface area contributed by atoms with Crippen LogP contribution >= 0.6 is 15.9 Å². The fraction of sp³-hybridized carbons (Fsp3) is 0.143. The van der Waals surface area contributed by atoms with E-state index in [9.17, 15) is 5.11 Å². The Bertz CT molecular complexity index is 485. The molecule has 2 N–H and O–H groups in total. The van der Waals surface area contributed by atoms with E-state index in [-0.39, 0.29) is 6.61 Å². The maximum Gasteiger partial charge on any atom is 0.0701 e. The quantitative estimate of drug-likeness (QED) is 0.903. The lowest BCUT2D eigenvalue weighted by Gasteiger charge is -2.11. The van der Waals surface area contributed by atoms with Gasteiger partial charge in [0.2, 0.25) is 0 Å². The summed E-state index contributed by atoms with van der Waals surface area (Å²) in [5, 5.41) is 12.6. The molecule has 0 saturated heterocycles. The Morgan fingerprint density at radius 3 is 2.53 bits per heavy atom. The molecule has 2 rings (SSSR count). The standard InChI is InChI=1S/C14H14BrNO/c15-13-7-6-12(10-17)14(8-13)16-9-11-4-2-1-3-5-11/h1-8,16-17H,9-10H2. The van der Waals surface area contributed by atoms with Crippen molar-refractivity contribution < 1.29 is 5.11 Å². The first-order valence-electron chi connectivity index (χ1n) is 5.46. The Kier molecular flexibility index (Phi) is 4.18. The molecule has 17 heavy (non-hydrogen) atoms. The van der Waals surface area contributed by atoms with Crippen LogP contribution in [0.5, 0.6) is 0 Å². The van der Waals surface area contributed by atoms with Crippen LogP contribution in [0.3, 0.4) is 0 Å². The van der Waals surface area contributed by atoms with Gasteiger partial charge in [-0.15, -0.1) is 0 Å². The Balaban J connectivity index is 2.11. The fourth-order valence-corrected chi connectivity index (χ4v) is 2.01. The third-order valence-corrected chi connectivity index (χ3v) is 3.06. The lowest BCUT2D eigenvalue weighted by Crippen LogP contribution is -2.02. The molecule has 2 nitrogen and oxygen atoms in total. The molecule has 0 atom stereocenters. The second kappa shape index (κ2) is 5.84. The van der Waals surface area contributed by atoms with Gasteiger partial charge in [0, 0.05) is 22.3 Å². The maximum atomic E-state index is 9.25. The summed E-state index contributed by atoms with van der Waals surface area (Å²) >= 11 is 3.43. The van der Waals surface area contributed by atoms with Gasteiger partial charge in [0.25, 0.3) is 0 Å². The SMILES string of the molecule is OCc1ccc(Br)cc1NCc1ccccc1. The van der Waals surface area contributed by atoms with Crippen molar-refractivity contribution >= 4 is 21.6 Å². The molecule has 0 heterocycles. The summed E-state index contributed by atoms with van der Waals surface area (Å²) in [6.07, 6.45) is 0. The number of benzene rings is 2. The average molecular weight is 292 g/mol. The molecule has 0 aliphatic rings. The van der Waals surface area contributed by atoms with E-state index in [1.54, 1.807) is 0 Å². The zero-order valence-corrected chi connectivity index (χ0v) is 10.9. The van der Waals surface area contributed by atoms with Gasteiger partial charge >= 0.3 is 0 Å². The number of hydrogen-bond acceptors (Lipinski definition) is 2. The van der Waals surface area contributed by atoms with Gasteiger partial charge in [0.15, 0.2) is 0 Å². The third-order valence-electron chi connectivity index (χ3n) is 2.57. The van der Waals surface area contributed by atoms with E-state index in [4.69, 9.17) is 0 Å². The molecule has 0 aliphatic heterocycles. The Hall–Kier alpha value is -1.32. The molecular formula is C14H14BrNO. The number of hydrogen-bond donors (Lipinski definition) is 2. The van der Waals surface area contributed by atoms with Gasteiger partial charge in [0.1, 0.15) is 0 Å². The minimum Gasteiger partial charge on any atom is -0.392 e. The number of aliphatic hydroxyl groups excluding tert-OH is 1. The minimum atomic E-state index is 0.0460. The van der Waals surface area contributed by atoms with E-state index in [1.807, 2.05) is 36.4 Å². The number of halogens is 1. The van der Waals surface area contributed by atoms with Crippen molar-refractivity contribution in [3.05, 3.63) is 64.1 Å². The summed E-state index contributed by atoms with van der Waals surface area (Å²) in [7, 11) is 0. The van der Waals surface area contributed by atoms with Crippen LogP contribution in [0.15, 0.2) is 53.0 Å². The van der Waals surface area contributed by atoms with Crippen LogP contribution in [0.4, 0.5) is 5.69 Å². The molecular weight excluding hydrogens is 278 g/mol. The molecule has 0 spiro atoms. The number of aliphatic hydroxyl groups is 1. The van der Waals surface area contributed by atoms with Crippen molar-refractivity contribution in [1.29, 1.82) is 0 Å². The van der Waals surface area contributed by atoms with Crippen LogP contribution in [0.25, 0.3) is 0 Å². The molecule has 0 radical (unpaired) electrons. The summed E-state index contributed by atoms with van der Waals surface area (Å²) in [5.41, 5.74) is 3.09. The Morgan fingerprint density at radius 1 is 1.06 bits per heavy atom. The van der Waals surface area contributed by atoms with Gasteiger partial charge in [-0.25, -0.2) is 0 Å². The molecule has 0 unspecified atom stereocenters. The maximum absolute atomic E-state index is 9.25. The minimum absolute atomic E-state index is 0.0460. The molecule has 2 aromatic carbocycles. The Labute approximate surface area is 109 Å². The van der Waals surface area contributed by atoms with Gasteiger partial charge in [-0.1, -0.05) is 52.3 Å². The average Bonchev–Trinajstić information content (AvgIpc) is 2.38. The van der Waals surface area contributed by atoms with E-state index in [2.05, 4.69) is 33.4 Å². The molecule has 0 amide bonds. The highest BCUT2D eigenvalue weighted by molar-refractivity contribution is 9.10. The third kappa shape index (κ3) is 3.32. The molecule has 0 bridgehead atoms. The van der Waals surface area contributed by atoms with Gasteiger partial charge in [-0.05, 0) is 17.7 Å². The van der Waals surface area contributed by atoms with Crippen LogP contribution < -0.4 is 5.32 Å². The summed E-state index contributed by atoms with van der Waals surface area (Å²) in [4.78, 5) is 0. The highest BCUT2D eigenvalue weighted by Gasteiger charge is 2.02. The van der Waals surface area contributed by atoms with Gasteiger partial charge in [-0.3, -0.25) is 0 Å². The Morgan fingerprint density at radius 2 is 1.82 bits per heavy atom. The lowest BCUT2D eigenvalue weighted by atomic mass is 10.1. The number of rotatable bonds is 4. The number of nitrogens with one attached hydrogen (secondary N) is 1. The zero-order chi connectivity index (χ0) is 12.1. The summed E-state index contributed by atoms with van der Waals surface area (Å²) in [6, 6.07) is 16.0. The second-order valence-corrected chi connectivity index (χ2v) is 4.71. The largest absolute Gasteiger partial charge is 0.392 e. The smallest absolute Gasteiger partial charge is 0.0701 e.